The highest BCUT2D eigenvalue weighted by atomic mass is 19.1. The van der Waals surface area contributed by atoms with Crippen LogP contribution in [-0.2, 0) is 11.2 Å². The number of carbonyl (C=O) groups excluding carboxylic acids is 1. The Morgan fingerprint density at radius 3 is 2.61 bits per heavy atom. The SMILES string of the molecule is COc1ccc(CC(=O)N[C@@H](C)c2cccc(F)c2)c(OC)c1. The summed E-state index contributed by atoms with van der Waals surface area (Å²) >= 11 is 0. The van der Waals surface area contributed by atoms with Crippen molar-refractivity contribution in [1.29, 1.82) is 0 Å². The van der Waals surface area contributed by atoms with Crippen molar-refractivity contribution in [1.82, 2.24) is 5.32 Å². The Bertz CT molecular complexity index is 688. The summed E-state index contributed by atoms with van der Waals surface area (Å²) in [4.78, 5) is 12.2. The van der Waals surface area contributed by atoms with Crippen LogP contribution in [0.2, 0.25) is 0 Å². The molecule has 0 heterocycles. The maximum atomic E-state index is 13.2. The molecule has 23 heavy (non-hydrogen) atoms. The van der Waals surface area contributed by atoms with Crippen molar-refractivity contribution in [2.75, 3.05) is 14.2 Å². The molecule has 0 saturated heterocycles. The van der Waals surface area contributed by atoms with Gasteiger partial charge in [-0.15, -0.1) is 0 Å². The molecule has 0 aliphatic carbocycles. The number of methoxy groups -OCH3 is 2. The van der Waals surface area contributed by atoms with Crippen molar-refractivity contribution in [3.8, 4) is 11.5 Å². The van der Waals surface area contributed by atoms with Gasteiger partial charge in [-0.1, -0.05) is 18.2 Å². The van der Waals surface area contributed by atoms with E-state index in [4.69, 9.17) is 9.47 Å². The fraction of sp³-hybridized carbons (Fsp3) is 0.278. The van der Waals surface area contributed by atoms with Crippen molar-refractivity contribution in [3.05, 3.63) is 59.4 Å². The molecule has 1 atom stereocenters. The first-order valence-electron chi connectivity index (χ1n) is 7.29. The zero-order valence-electron chi connectivity index (χ0n) is 13.4. The lowest BCUT2D eigenvalue weighted by molar-refractivity contribution is -0.121. The van der Waals surface area contributed by atoms with Gasteiger partial charge in [-0.05, 0) is 30.7 Å². The lowest BCUT2D eigenvalue weighted by Gasteiger charge is -2.15. The first-order valence-corrected chi connectivity index (χ1v) is 7.29. The first kappa shape index (κ1) is 16.8. The molecule has 5 heteroatoms. The van der Waals surface area contributed by atoms with E-state index in [2.05, 4.69) is 5.32 Å². The fourth-order valence-corrected chi connectivity index (χ4v) is 2.32. The van der Waals surface area contributed by atoms with E-state index >= 15 is 0 Å². The molecule has 2 rings (SSSR count). The number of amides is 1. The molecule has 0 spiro atoms. The number of nitrogens with one attached hydrogen (secondary N) is 1. The van der Waals surface area contributed by atoms with Gasteiger partial charge in [0.05, 0.1) is 26.7 Å². The maximum Gasteiger partial charge on any atom is 0.225 e. The van der Waals surface area contributed by atoms with Gasteiger partial charge in [0.15, 0.2) is 0 Å². The Hall–Kier alpha value is -2.56. The van der Waals surface area contributed by atoms with Crippen LogP contribution in [0.1, 0.15) is 24.1 Å². The van der Waals surface area contributed by atoms with E-state index in [9.17, 15) is 9.18 Å². The number of benzene rings is 2. The van der Waals surface area contributed by atoms with E-state index in [1.807, 2.05) is 6.92 Å². The van der Waals surface area contributed by atoms with Crippen LogP contribution in [-0.4, -0.2) is 20.1 Å². The van der Waals surface area contributed by atoms with E-state index < -0.39 is 0 Å². The molecular weight excluding hydrogens is 297 g/mol. The second-order valence-electron chi connectivity index (χ2n) is 5.20. The molecular formula is C18H20FNO3. The molecule has 1 N–H and O–H groups in total. The predicted molar refractivity (Wildman–Crippen MR) is 86.2 cm³/mol. The third-order valence-corrected chi connectivity index (χ3v) is 3.57. The Morgan fingerprint density at radius 2 is 1.96 bits per heavy atom. The highest BCUT2D eigenvalue weighted by Crippen LogP contribution is 2.25. The molecule has 0 saturated carbocycles. The largest absolute Gasteiger partial charge is 0.497 e. The molecule has 0 aliphatic heterocycles. The van der Waals surface area contributed by atoms with Gasteiger partial charge >= 0.3 is 0 Å². The lowest BCUT2D eigenvalue weighted by atomic mass is 10.1. The average molecular weight is 317 g/mol. The molecule has 2 aromatic carbocycles. The molecule has 0 fully saturated rings. The van der Waals surface area contributed by atoms with Crippen molar-refractivity contribution in [3.63, 3.8) is 0 Å². The van der Waals surface area contributed by atoms with Crippen molar-refractivity contribution < 1.29 is 18.7 Å². The maximum absolute atomic E-state index is 13.2. The smallest absolute Gasteiger partial charge is 0.225 e. The number of halogens is 1. The van der Waals surface area contributed by atoms with Gasteiger partial charge in [-0.2, -0.15) is 0 Å². The Labute approximate surface area is 135 Å². The van der Waals surface area contributed by atoms with Crippen LogP contribution in [0.5, 0.6) is 11.5 Å². The summed E-state index contributed by atoms with van der Waals surface area (Å²) < 4.78 is 23.7. The van der Waals surface area contributed by atoms with Crippen molar-refractivity contribution in [2.24, 2.45) is 0 Å². The number of ether oxygens (including phenoxy) is 2. The topological polar surface area (TPSA) is 47.6 Å². The van der Waals surface area contributed by atoms with Crippen molar-refractivity contribution >= 4 is 5.91 Å². The van der Waals surface area contributed by atoms with E-state index in [0.717, 1.165) is 11.1 Å². The lowest BCUT2D eigenvalue weighted by Crippen LogP contribution is -2.28. The minimum Gasteiger partial charge on any atom is -0.497 e. The number of hydrogen-bond donors (Lipinski definition) is 1. The van der Waals surface area contributed by atoms with Gasteiger partial charge in [0, 0.05) is 11.6 Å². The number of rotatable bonds is 6. The summed E-state index contributed by atoms with van der Waals surface area (Å²) in [6.45, 7) is 1.82. The Kier molecular flexibility index (Phi) is 5.57. The summed E-state index contributed by atoms with van der Waals surface area (Å²) in [6, 6.07) is 11.2. The zero-order chi connectivity index (χ0) is 16.8. The molecule has 0 aliphatic rings. The van der Waals surface area contributed by atoms with Crippen LogP contribution in [0.3, 0.4) is 0 Å². The molecule has 122 valence electrons. The predicted octanol–water partition coefficient (Wildman–Crippen LogP) is 3.26. The van der Waals surface area contributed by atoms with Crippen LogP contribution in [0.25, 0.3) is 0 Å². The first-order chi connectivity index (χ1) is 11.0. The van der Waals surface area contributed by atoms with Gasteiger partial charge in [0.2, 0.25) is 5.91 Å². The molecule has 0 bridgehead atoms. The van der Waals surface area contributed by atoms with Crippen LogP contribution < -0.4 is 14.8 Å². The molecule has 0 radical (unpaired) electrons. The van der Waals surface area contributed by atoms with Gasteiger partial charge < -0.3 is 14.8 Å². The molecule has 1 amide bonds. The van der Waals surface area contributed by atoms with Crippen LogP contribution in [0.15, 0.2) is 42.5 Å². The molecule has 2 aromatic rings. The van der Waals surface area contributed by atoms with E-state index in [0.29, 0.717) is 11.5 Å². The van der Waals surface area contributed by atoms with Gasteiger partial charge in [0.1, 0.15) is 17.3 Å². The summed E-state index contributed by atoms with van der Waals surface area (Å²) in [6.07, 6.45) is 0.173. The van der Waals surface area contributed by atoms with Crippen molar-refractivity contribution in [2.45, 2.75) is 19.4 Å². The minimum atomic E-state index is -0.319. The monoisotopic (exact) mass is 317 g/mol. The zero-order valence-corrected chi connectivity index (χ0v) is 13.4. The van der Waals surface area contributed by atoms with Gasteiger partial charge in [-0.3, -0.25) is 4.79 Å². The van der Waals surface area contributed by atoms with E-state index in [1.165, 1.54) is 12.1 Å². The van der Waals surface area contributed by atoms with E-state index in [-0.39, 0.29) is 24.2 Å². The van der Waals surface area contributed by atoms with Gasteiger partial charge in [0.25, 0.3) is 0 Å². The van der Waals surface area contributed by atoms with Crippen LogP contribution in [0, 0.1) is 5.82 Å². The summed E-state index contributed by atoms with van der Waals surface area (Å²) in [7, 11) is 3.12. The molecule has 4 nitrogen and oxygen atoms in total. The third kappa shape index (κ3) is 4.45. The Morgan fingerprint density at radius 1 is 1.17 bits per heavy atom. The van der Waals surface area contributed by atoms with Crippen LogP contribution >= 0.6 is 0 Å². The number of carbonyl (C=O) groups is 1. The highest BCUT2D eigenvalue weighted by molar-refractivity contribution is 5.79. The third-order valence-electron chi connectivity index (χ3n) is 3.57. The quantitative estimate of drug-likeness (QED) is 0.889. The standard InChI is InChI=1S/C18H20FNO3/c1-12(13-5-4-6-15(19)9-13)20-18(21)10-14-7-8-16(22-2)11-17(14)23-3/h4-9,11-12H,10H2,1-3H3,(H,20,21)/t12-/m0/s1. The second kappa shape index (κ2) is 7.63. The van der Waals surface area contributed by atoms with E-state index in [1.54, 1.807) is 44.6 Å². The molecule has 0 unspecified atom stereocenters. The van der Waals surface area contributed by atoms with Gasteiger partial charge in [-0.25, -0.2) is 4.39 Å². The number of hydrogen-bond acceptors (Lipinski definition) is 3. The van der Waals surface area contributed by atoms with Crippen LogP contribution in [0.4, 0.5) is 4.39 Å². The minimum absolute atomic E-state index is 0.162. The summed E-state index contributed by atoms with van der Waals surface area (Å²) in [5, 5.41) is 2.86. The fourth-order valence-electron chi connectivity index (χ4n) is 2.32. The average Bonchev–Trinajstić information content (AvgIpc) is 2.55. The Balaban J connectivity index is 2.04. The second-order valence-corrected chi connectivity index (χ2v) is 5.20. The highest BCUT2D eigenvalue weighted by Gasteiger charge is 2.13. The normalized spacial score (nSPS) is 11.7. The summed E-state index contributed by atoms with van der Waals surface area (Å²) in [5.41, 5.74) is 1.48. The molecule has 0 aromatic heterocycles. The summed E-state index contributed by atoms with van der Waals surface area (Å²) in [5.74, 6) is 0.780.